The van der Waals surface area contributed by atoms with E-state index < -0.39 is 0 Å². The summed E-state index contributed by atoms with van der Waals surface area (Å²) in [5.41, 5.74) is 1.38. The molecule has 1 nitrogen and oxygen atoms in total. The standard InChI is InChI=1S/C11H15IO/c1-11(2,7-8-13)9-3-5-10(12)6-4-9/h3-6,13H,7-8H2,1-2H3. The predicted molar refractivity (Wildman–Crippen MR) is 63.9 cm³/mol. The van der Waals surface area contributed by atoms with Crippen LogP contribution in [-0.2, 0) is 5.41 Å². The van der Waals surface area contributed by atoms with Gasteiger partial charge in [-0.2, -0.15) is 0 Å². The first-order valence-corrected chi connectivity index (χ1v) is 5.51. The van der Waals surface area contributed by atoms with Crippen LogP contribution < -0.4 is 0 Å². The second kappa shape index (κ2) is 4.42. The van der Waals surface area contributed by atoms with Crippen LogP contribution >= 0.6 is 22.6 Å². The molecule has 0 radical (unpaired) electrons. The van der Waals surface area contributed by atoms with Crippen LogP contribution in [0.3, 0.4) is 0 Å². The number of aliphatic hydroxyl groups is 1. The van der Waals surface area contributed by atoms with Gasteiger partial charge in [0, 0.05) is 10.2 Å². The molecule has 0 saturated carbocycles. The molecule has 0 fully saturated rings. The summed E-state index contributed by atoms with van der Waals surface area (Å²) in [7, 11) is 0. The number of rotatable bonds is 3. The summed E-state index contributed by atoms with van der Waals surface area (Å²) >= 11 is 2.30. The van der Waals surface area contributed by atoms with Gasteiger partial charge in [-0.15, -0.1) is 0 Å². The van der Waals surface area contributed by atoms with Gasteiger partial charge in [-0.05, 0) is 52.1 Å². The molecule has 0 heterocycles. The zero-order valence-corrected chi connectivity index (χ0v) is 10.2. The highest BCUT2D eigenvalue weighted by molar-refractivity contribution is 14.1. The third-order valence-electron chi connectivity index (χ3n) is 2.36. The number of benzene rings is 1. The van der Waals surface area contributed by atoms with Gasteiger partial charge in [-0.3, -0.25) is 0 Å². The first-order valence-electron chi connectivity index (χ1n) is 4.43. The Morgan fingerprint density at radius 2 is 1.77 bits per heavy atom. The fourth-order valence-corrected chi connectivity index (χ4v) is 1.68. The quantitative estimate of drug-likeness (QED) is 0.849. The molecule has 2 heteroatoms. The molecule has 1 rings (SSSR count). The van der Waals surface area contributed by atoms with Crippen molar-refractivity contribution in [2.45, 2.75) is 25.7 Å². The lowest BCUT2D eigenvalue weighted by molar-refractivity contribution is 0.252. The minimum absolute atomic E-state index is 0.0824. The van der Waals surface area contributed by atoms with E-state index in [9.17, 15) is 0 Å². The molecule has 13 heavy (non-hydrogen) atoms. The third kappa shape index (κ3) is 2.95. The SMILES string of the molecule is CC(C)(CCO)c1ccc(I)cc1. The van der Waals surface area contributed by atoms with Crippen molar-refractivity contribution in [3.8, 4) is 0 Å². The van der Waals surface area contributed by atoms with Crippen molar-refractivity contribution in [3.05, 3.63) is 33.4 Å². The van der Waals surface area contributed by atoms with Gasteiger partial charge in [0.2, 0.25) is 0 Å². The zero-order chi connectivity index (χ0) is 9.90. The van der Waals surface area contributed by atoms with Gasteiger partial charge in [0.25, 0.3) is 0 Å². The summed E-state index contributed by atoms with van der Waals surface area (Å²) in [5, 5.41) is 8.92. The Balaban J connectivity index is 2.87. The molecule has 0 bridgehead atoms. The van der Waals surface area contributed by atoms with Crippen LogP contribution in [0.15, 0.2) is 24.3 Å². The second-order valence-corrected chi connectivity index (χ2v) is 5.11. The number of aliphatic hydroxyl groups excluding tert-OH is 1. The lowest BCUT2D eigenvalue weighted by Gasteiger charge is -2.24. The third-order valence-corrected chi connectivity index (χ3v) is 3.08. The molecule has 0 spiro atoms. The van der Waals surface area contributed by atoms with Gasteiger partial charge in [-0.1, -0.05) is 26.0 Å². The fourth-order valence-electron chi connectivity index (χ4n) is 1.32. The van der Waals surface area contributed by atoms with Crippen molar-refractivity contribution in [1.29, 1.82) is 0 Å². The maximum atomic E-state index is 8.92. The Morgan fingerprint density at radius 3 is 2.23 bits per heavy atom. The van der Waals surface area contributed by atoms with Crippen LogP contribution in [0.25, 0.3) is 0 Å². The average Bonchev–Trinajstić information content (AvgIpc) is 2.05. The van der Waals surface area contributed by atoms with Crippen molar-refractivity contribution in [2.75, 3.05) is 6.61 Å². The van der Waals surface area contributed by atoms with Crippen molar-refractivity contribution >= 4 is 22.6 Å². The van der Waals surface area contributed by atoms with Crippen LogP contribution in [0.1, 0.15) is 25.8 Å². The summed E-state index contributed by atoms with van der Waals surface area (Å²) in [6.07, 6.45) is 0.813. The van der Waals surface area contributed by atoms with Gasteiger partial charge in [-0.25, -0.2) is 0 Å². The summed E-state index contributed by atoms with van der Waals surface area (Å²) in [5.74, 6) is 0. The highest BCUT2D eigenvalue weighted by Gasteiger charge is 2.19. The first kappa shape index (κ1) is 11.0. The van der Waals surface area contributed by atoms with Crippen molar-refractivity contribution in [2.24, 2.45) is 0 Å². The van der Waals surface area contributed by atoms with Crippen LogP contribution in [-0.4, -0.2) is 11.7 Å². The lowest BCUT2D eigenvalue weighted by Crippen LogP contribution is -2.18. The van der Waals surface area contributed by atoms with E-state index in [1.54, 1.807) is 0 Å². The molecule has 0 aromatic heterocycles. The van der Waals surface area contributed by atoms with E-state index in [1.165, 1.54) is 9.13 Å². The Hall–Kier alpha value is -0.0900. The predicted octanol–water partition coefficient (Wildman–Crippen LogP) is 2.95. The van der Waals surface area contributed by atoms with Gasteiger partial charge in [0.05, 0.1) is 0 Å². The summed E-state index contributed by atoms with van der Waals surface area (Å²) in [4.78, 5) is 0. The molecule has 72 valence electrons. The first-order chi connectivity index (χ1) is 6.06. The Labute approximate surface area is 93.3 Å². The van der Waals surface area contributed by atoms with E-state index >= 15 is 0 Å². The molecular formula is C11H15IO. The topological polar surface area (TPSA) is 20.2 Å². The fraction of sp³-hybridized carbons (Fsp3) is 0.455. The highest BCUT2D eigenvalue weighted by Crippen LogP contribution is 2.26. The molecule has 0 aliphatic heterocycles. The molecule has 0 amide bonds. The van der Waals surface area contributed by atoms with Crippen LogP contribution in [0.2, 0.25) is 0 Å². The highest BCUT2D eigenvalue weighted by atomic mass is 127. The van der Waals surface area contributed by atoms with E-state index in [0.29, 0.717) is 0 Å². The smallest absolute Gasteiger partial charge is 0.0439 e. The van der Waals surface area contributed by atoms with Crippen molar-refractivity contribution < 1.29 is 5.11 Å². The van der Waals surface area contributed by atoms with Gasteiger partial charge < -0.3 is 5.11 Å². The number of hydrogen-bond donors (Lipinski definition) is 1. The molecule has 0 aliphatic rings. The zero-order valence-electron chi connectivity index (χ0n) is 8.05. The normalized spacial score (nSPS) is 11.7. The average molecular weight is 290 g/mol. The van der Waals surface area contributed by atoms with Gasteiger partial charge >= 0.3 is 0 Å². The molecular weight excluding hydrogens is 275 g/mol. The lowest BCUT2D eigenvalue weighted by atomic mass is 9.82. The maximum Gasteiger partial charge on any atom is 0.0439 e. The Bertz CT molecular complexity index is 264. The maximum absolute atomic E-state index is 8.92. The summed E-state index contributed by atoms with van der Waals surface area (Å²) in [6, 6.07) is 8.49. The summed E-state index contributed by atoms with van der Waals surface area (Å²) in [6.45, 7) is 4.57. The Morgan fingerprint density at radius 1 is 1.23 bits per heavy atom. The monoisotopic (exact) mass is 290 g/mol. The molecule has 1 aromatic rings. The van der Waals surface area contributed by atoms with E-state index in [2.05, 4.69) is 60.7 Å². The van der Waals surface area contributed by atoms with Crippen molar-refractivity contribution in [3.63, 3.8) is 0 Å². The number of hydrogen-bond acceptors (Lipinski definition) is 1. The van der Waals surface area contributed by atoms with Gasteiger partial charge in [0.1, 0.15) is 0 Å². The minimum Gasteiger partial charge on any atom is -0.396 e. The van der Waals surface area contributed by atoms with E-state index in [4.69, 9.17) is 5.11 Å². The molecule has 0 atom stereocenters. The van der Waals surface area contributed by atoms with Crippen LogP contribution in [0, 0.1) is 3.57 Å². The largest absolute Gasteiger partial charge is 0.396 e. The van der Waals surface area contributed by atoms with Gasteiger partial charge in [0.15, 0.2) is 0 Å². The van der Waals surface area contributed by atoms with Crippen LogP contribution in [0.5, 0.6) is 0 Å². The molecule has 1 N–H and O–H groups in total. The number of halogens is 1. The molecule has 0 saturated heterocycles. The minimum atomic E-state index is 0.0824. The second-order valence-electron chi connectivity index (χ2n) is 3.86. The van der Waals surface area contributed by atoms with Crippen molar-refractivity contribution in [1.82, 2.24) is 0 Å². The Kier molecular flexibility index (Phi) is 3.74. The van der Waals surface area contributed by atoms with E-state index in [1.807, 2.05) is 0 Å². The molecule has 0 aliphatic carbocycles. The van der Waals surface area contributed by atoms with E-state index in [0.717, 1.165) is 6.42 Å². The summed E-state index contributed by atoms with van der Waals surface area (Å²) < 4.78 is 1.25. The molecule has 0 unspecified atom stereocenters. The molecule has 1 aromatic carbocycles. The van der Waals surface area contributed by atoms with Crippen LogP contribution in [0.4, 0.5) is 0 Å². The van der Waals surface area contributed by atoms with E-state index in [-0.39, 0.29) is 12.0 Å².